The number of unbranched alkanes of at least 4 members (excludes halogenated alkanes) is 1. The van der Waals surface area contributed by atoms with E-state index >= 15 is 0 Å². The lowest BCUT2D eigenvalue weighted by atomic mass is 9.50. The van der Waals surface area contributed by atoms with Gasteiger partial charge in [-0.1, -0.05) is 12.5 Å². The van der Waals surface area contributed by atoms with E-state index < -0.39 is 53.2 Å². The normalized spacial score (nSPS) is 25.2. The van der Waals surface area contributed by atoms with Crippen molar-refractivity contribution in [2.45, 2.75) is 120 Å². The number of benzene rings is 1. The number of piperidine rings is 1. The molecule has 1 spiro atoms. The Labute approximate surface area is 306 Å². The van der Waals surface area contributed by atoms with Crippen molar-refractivity contribution in [3.05, 3.63) is 35.1 Å². The molecule has 2 heterocycles. The van der Waals surface area contributed by atoms with Crippen LogP contribution in [0.3, 0.4) is 0 Å². The van der Waals surface area contributed by atoms with Gasteiger partial charge in [0, 0.05) is 51.5 Å². The third-order valence-corrected chi connectivity index (χ3v) is 10.9. The van der Waals surface area contributed by atoms with E-state index in [9.17, 15) is 24.3 Å². The first-order chi connectivity index (χ1) is 24.5. The highest BCUT2D eigenvalue weighted by Crippen LogP contribution is 2.65. The van der Waals surface area contributed by atoms with Crippen LogP contribution in [0, 0.1) is 0 Å². The van der Waals surface area contributed by atoms with Crippen LogP contribution in [0.15, 0.2) is 29.0 Å². The van der Waals surface area contributed by atoms with E-state index in [-0.39, 0.29) is 24.8 Å². The second kappa shape index (κ2) is 15.4. The average molecular weight is 726 g/mol. The fourth-order valence-corrected chi connectivity index (χ4v) is 8.36. The lowest BCUT2D eigenvalue weighted by Gasteiger charge is -2.61. The monoisotopic (exact) mass is 725 g/mol. The molecule has 286 valence electrons. The molecule has 14 nitrogen and oxygen atoms in total. The molecule has 0 saturated carbocycles. The van der Waals surface area contributed by atoms with Crippen molar-refractivity contribution >= 4 is 29.6 Å². The van der Waals surface area contributed by atoms with E-state index in [0.29, 0.717) is 74.5 Å². The Morgan fingerprint density at radius 3 is 2.63 bits per heavy atom. The largest absolute Gasteiger partial charge is 0.493 e. The molecule has 0 aromatic heterocycles. The van der Waals surface area contributed by atoms with Gasteiger partial charge in [-0.3, -0.25) is 19.4 Å². The number of nitrogens with one attached hydrogen (secondary N) is 1. The number of aliphatic imine (C=N–C) groups is 1. The summed E-state index contributed by atoms with van der Waals surface area (Å²) in [6.07, 6.45) is 4.19. The Morgan fingerprint density at radius 2 is 1.94 bits per heavy atom. The SMILES string of the molecule is CN=C(N)CCCC[C@H](NC(=O)CC(=O)OC(C)(C)C)C(=O)CCCN(C)C(=O)OC1=CC[C@@]2(O)[C@H]3Cc4ccc(OC)c5c4[C@@]2(CCN3C)[C@H]1O5. The van der Waals surface area contributed by atoms with Gasteiger partial charge in [0.15, 0.2) is 23.4 Å². The second-order valence-electron chi connectivity index (χ2n) is 15.5. The number of likely N-dealkylation sites (tertiary alicyclic amines) is 1. The van der Waals surface area contributed by atoms with Gasteiger partial charge in [0.1, 0.15) is 17.8 Å². The fraction of sp³-hybridized carbons (Fsp3) is 0.658. The number of carbonyl (C=O) groups is 4. The lowest BCUT2D eigenvalue weighted by molar-refractivity contribution is -0.163. The van der Waals surface area contributed by atoms with Gasteiger partial charge in [-0.15, -0.1) is 0 Å². The van der Waals surface area contributed by atoms with E-state index in [1.54, 1.807) is 48.1 Å². The molecule has 1 aromatic carbocycles. The van der Waals surface area contributed by atoms with Crippen LogP contribution in [-0.4, -0.2) is 115 Å². The van der Waals surface area contributed by atoms with E-state index in [2.05, 4.69) is 15.2 Å². The van der Waals surface area contributed by atoms with Gasteiger partial charge in [0.25, 0.3) is 0 Å². The number of rotatable bonds is 15. The summed E-state index contributed by atoms with van der Waals surface area (Å²) in [7, 11) is 6.84. The minimum atomic E-state index is -1.12. The number of esters is 1. The van der Waals surface area contributed by atoms with Gasteiger partial charge in [-0.2, -0.15) is 0 Å². The van der Waals surface area contributed by atoms with Crippen LogP contribution in [0.4, 0.5) is 4.79 Å². The summed E-state index contributed by atoms with van der Waals surface area (Å²) in [6, 6.07) is 3.00. The number of ketones is 1. The number of likely N-dealkylation sites (N-methyl/N-ethyl adjacent to an activating group) is 1. The van der Waals surface area contributed by atoms with E-state index in [0.717, 1.165) is 17.7 Å². The summed E-state index contributed by atoms with van der Waals surface area (Å²) in [6.45, 7) is 6.11. The average Bonchev–Trinajstić information content (AvgIpc) is 3.43. The lowest BCUT2D eigenvalue weighted by Crippen LogP contribution is -2.74. The Bertz CT molecular complexity index is 1620. The number of methoxy groups -OCH3 is 1. The van der Waals surface area contributed by atoms with Gasteiger partial charge in [-0.05, 0) is 84.2 Å². The highest BCUT2D eigenvalue weighted by molar-refractivity contribution is 5.97. The zero-order valence-electron chi connectivity index (χ0n) is 31.6. The molecule has 14 heteroatoms. The van der Waals surface area contributed by atoms with E-state index in [1.807, 2.05) is 19.2 Å². The highest BCUT2D eigenvalue weighted by atomic mass is 16.6. The molecule has 4 N–H and O–H groups in total. The molecule has 0 radical (unpaired) electrons. The molecule has 0 unspecified atom stereocenters. The molecule has 5 rings (SSSR count). The van der Waals surface area contributed by atoms with Gasteiger partial charge >= 0.3 is 12.1 Å². The van der Waals surface area contributed by atoms with Crippen molar-refractivity contribution in [3.8, 4) is 11.5 Å². The van der Waals surface area contributed by atoms with Crippen LogP contribution in [0.5, 0.6) is 11.5 Å². The molecule has 1 aromatic rings. The van der Waals surface area contributed by atoms with Crippen LogP contribution in [-0.2, 0) is 35.7 Å². The number of carbonyl (C=O) groups excluding carboxylic acids is 4. The first kappa shape index (κ1) is 39.0. The highest BCUT2D eigenvalue weighted by Gasteiger charge is 2.72. The summed E-state index contributed by atoms with van der Waals surface area (Å²) < 4.78 is 23.5. The van der Waals surface area contributed by atoms with Gasteiger partial charge in [0.2, 0.25) is 5.91 Å². The maximum atomic E-state index is 13.5. The zero-order chi connectivity index (χ0) is 38.0. The van der Waals surface area contributed by atoms with Gasteiger partial charge in [-0.25, -0.2) is 4.79 Å². The van der Waals surface area contributed by atoms with Crippen molar-refractivity contribution in [2.75, 3.05) is 41.3 Å². The van der Waals surface area contributed by atoms with Crippen molar-refractivity contribution in [1.29, 1.82) is 0 Å². The molecule has 1 fully saturated rings. The maximum Gasteiger partial charge on any atom is 0.414 e. The predicted octanol–water partition coefficient (Wildman–Crippen LogP) is 3.15. The van der Waals surface area contributed by atoms with Crippen molar-refractivity contribution in [2.24, 2.45) is 10.7 Å². The Kier molecular flexibility index (Phi) is 11.6. The fourth-order valence-electron chi connectivity index (χ4n) is 8.36. The quantitative estimate of drug-likeness (QED) is 0.0794. The molecule has 5 atom stereocenters. The first-order valence-corrected chi connectivity index (χ1v) is 18.2. The molecule has 52 heavy (non-hydrogen) atoms. The van der Waals surface area contributed by atoms with Crippen LogP contribution in [0.2, 0.25) is 0 Å². The number of amidine groups is 1. The number of hydrogen-bond acceptors (Lipinski definition) is 11. The number of Topliss-reactive ketones (excluding diaryl/α,β-unsaturated/α-hetero) is 1. The van der Waals surface area contributed by atoms with Crippen molar-refractivity contribution < 1.29 is 43.2 Å². The molecule has 2 amide bonds. The summed E-state index contributed by atoms with van der Waals surface area (Å²) >= 11 is 0. The maximum absolute atomic E-state index is 13.5. The third-order valence-electron chi connectivity index (χ3n) is 10.9. The molecular formula is C38H55N5O9. The minimum absolute atomic E-state index is 0.0882. The second-order valence-corrected chi connectivity index (χ2v) is 15.5. The number of nitrogens with two attached hydrogens (primary N) is 1. The summed E-state index contributed by atoms with van der Waals surface area (Å²) in [5, 5.41) is 15.1. The number of hydrogen-bond donors (Lipinski definition) is 3. The number of ether oxygens (including phenoxy) is 4. The zero-order valence-corrected chi connectivity index (χ0v) is 31.6. The topological polar surface area (TPSA) is 182 Å². The Morgan fingerprint density at radius 1 is 1.19 bits per heavy atom. The molecule has 4 aliphatic rings. The molecular weight excluding hydrogens is 670 g/mol. The summed E-state index contributed by atoms with van der Waals surface area (Å²) in [4.78, 5) is 59.4. The standard InChI is InChI=1S/C38H55N5O9/c1-36(2,3)52-31(46)22-30(45)41-24(11-8-9-13-29(39)40-4)25(44)12-10-19-43(6)35(47)50-27-16-17-38(48)28-21-23-14-15-26(49-7)33-32(23)37(38,34(27)51-33)18-20-42(28)5/h14-16,24,28,34,48H,8-13,17-22H2,1-7H3,(H2,39,40)(H,41,45)/t24-,28+,34-,37-,38+/m0/s1. The predicted molar refractivity (Wildman–Crippen MR) is 193 cm³/mol. The smallest absolute Gasteiger partial charge is 0.414 e. The van der Waals surface area contributed by atoms with Crippen molar-refractivity contribution in [3.63, 3.8) is 0 Å². The van der Waals surface area contributed by atoms with Crippen LogP contribution in [0.25, 0.3) is 0 Å². The number of nitrogens with zero attached hydrogens (tertiary/aromatic N) is 3. The minimum Gasteiger partial charge on any atom is -0.493 e. The molecule has 2 bridgehead atoms. The molecule has 2 aliphatic heterocycles. The van der Waals surface area contributed by atoms with E-state index in [4.69, 9.17) is 24.7 Å². The van der Waals surface area contributed by atoms with E-state index in [1.165, 1.54) is 4.90 Å². The van der Waals surface area contributed by atoms with Crippen LogP contribution < -0.4 is 20.5 Å². The Balaban J connectivity index is 1.21. The molecule has 1 saturated heterocycles. The third kappa shape index (κ3) is 7.64. The molecule has 2 aliphatic carbocycles. The Hall–Kier alpha value is -4.17. The first-order valence-electron chi connectivity index (χ1n) is 18.2. The van der Waals surface area contributed by atoms with Gasteiger partial charge < -0.3 is 44.9 Å². The van der Waals surface area contributed by atoms with Crippen molar-refractivity contribution in [1.82, 2.24) is 15.1 Å². The number of aliphatic hydroxyl groups is 1. The van der Waals surface area contributed by atoms with Gasteiger partial charge in [0.05, 0.1) is 30.0 Å². The number of amides is 2. The van der Waals surface area contributed by atoms with Crippen LogP contribution >= 0.6 is 0 Å². The summed E-state index contributed by atoms with van der Waals surface area (Å²) in [5.41, 5.74) is 5.21. The van der Waals surface area contributed by atoms with Crippen LogP contribution in [0.1, 0.15) is 89.7 Å². The summed E-state index contributed by atoms with van der Waals surface area (Å²) in [5.74, 6) is 0.559.